The summed E-state index contributed by atoms with van der Waals surface area (Å²) in [7, 11) is 0. The zero-order valence-electron chi connectivity index (χ0n) is 16.5. The predicted octanol–water partition coefficient (Wildman–Crippen LogP) is 4.02. The number of carbonyl (C=O) groups is 2. The highest BCUT2D eigenvalue weighted by atomic mass is 16.6. The number of rotatable bonds is 7. The molecule has 144 valence electrons. The van der Waals surface area contributed by atoms with Crippen molar-refractivity contribution in [3.05, 3.63) is 29.8 Å². The molecule has 1 aliphatic rings. The smallest absolute Gasteiger partial charge is 0.340 e. The molecule has 0 N–H and O–H groups in total. The van der Waals surface area contributed by atoms with E-state index in [1.807, 2.05) is 36.1 Å². The van der Waals surface area contributed by atoms with Gasteiger partial charge in [-0.05, 0) is 59.6 Å². The second-order valence-corrected chi connectivity index (χ2v) is 7.55. The molecule has 0 saturated heterocycles. The van der Waals surface area contributed by atoms with E-state index < -0.39 is 18.0 Å². The second-order valence-electron chi connectivity index (χ2n) is 7.55. The average molecular weight is 361 g/mol. The zero-order chi connectivity index (χ0) is 19.3. The molecule has 0 spiro atoms. The quantitative estimate of drug-likeness (QED) is 0.542. The van der Waals surface area contributed by atoms with E-state index in [1.54, 1.807) is 27.7 Å². The Bertz CT molecular complexity index is 581. The fraction of sp³-hybridized carbons (Fsp3) is 0.619. The third kappa shape index (κ3) is 5.23. The number of ether oxygens (including phenoxy) is 2. The Kier molecular flexibility index (Phi) is 7.06. The Labute approximate surface area is 156 Å². The van der Waals surface area contributed by atoms with Crippen LogP contribution in [0.25, 0.3) is 0 Å². The van der Waals surface area contributed by atoms with Gasteiger partial charge in [0.05, 0.1) is 12.2 Å². The zero-order valence-corrected chi connectivity index (χ0v) is 16.5. The normalized spacial score (nSPS) is 14.9. The number of benzene rings is 1. The van der Waals surface area contributed by atoms with Crippen molar-refractivity contribution in [1.29, 1.82) is 0 Å². The van der Waals surface area contributed by atoms with Gasteiger partial charge in [-0.2, -0.15) is 0 Å². The number of carbonyl (C=O) groups excluding carboxylic acids is 2. The maximum atomic E-state index is 12.9. The van der Waals surface area contributed by atoms with Gasteiger partial charge in [-0.1, -0.05) is 30.5 Å². The summed E-state index contributed by atoms with van der Waals surface area (Å²) in [6.07, 6.45) is 3.51. The standard InChI is InChI=1S/C21H31NO4/c1-14(2)25-20(23)19(21(24)26-15(3)4)22(17-8-6-7-9-17)18-12-10-16(5)11-13-18/h10-15,17,19H,6-9H2,1-5H3. The monoisotopic (exact) mass is 361 g/mol. The van der Waals surface area contributed by atoms with Crippen LogP contribution in [0.4, 0.5) is 5.69 Å². The largest absolute Gasteiger partial charge is 0.461 e. The van der Waals surface area contributed by atoms with Crippen molar-refractivity contribution in [3.8, 4) is 0 Å². The summed E-state index contributed by atoms with van der Waals surface area (Å²) in [5.41, 5.74) is 1.99. The Balaban J connectivity index is 2.43. The lowest BCUT2D eigenvalue weighted by molar-refractivity contribution is -0.161. The Morgan fingerprint density at radius 3 is 1.81 bits per heavy atom. The van der Waals surface area contributed by atoms with Crippen LogP contribution in [0.15, 0.2) is 24.3 Å². The molecule has 0 aromatic heterocycles. The van der Waals surface area contributed by atoms with Gasteiger partial charge in [-0.15, -0.1) is 0 Å². The van der Waals surface area contributed by atoms with E-state index in [1.165, 1.54) is 0 Å². The van der Waals surface area contributed by atoms with Gasteiger partial charge in [-0.25, -0.2) is 9.59 Å². The first kappa shape index (κ1) is 20.3. The van der Waals surface area contributed by atoms with E-state index in [2.05, 4.69) is 0 Å². The molecular weight excluding hydrogens is 330 g/mol. The molecule has 0 unspecified atom stereocenters. The van der Waals surface area contributed by atoms with Gasteiger partial charge in [0.15, 0.2) is 0 Å². The highest BCUT2D eigenvalue weighted by Crippen LogP contribution is 2.31. The van der Waals surface area contributed by atoms with E-state index in [9.17, 15) is 9.59 Å². The SMILES string of the molecule is Cc1ccc(N(C2CCCC2)C(C(=O)OC(C)C)C(=O)OC(C)C)cc1. The summed E-state index contributed by atoms with van der Waals surface area (Å²) in [6, 6.07) is 6.97. The van der Waals surface area contributed by atoms with Gasteiger partial charge in [0.25, 0.3) is 0 Å². The topological polar surface area (TPSA) is 55.8 Å². The van der Waals surface area contributed by atoms with Gasteiger partial charge in [0.1, 0.15) is 0 Å². The second kappa shape index (κ2) is 9.06. The Hall–Kier alpha value is -2.04. The van der Waals surface area contributed by atoms with Gasteiger partial charge < -0.3 is 14.4 Å². The van der Waals surface area contributed by atoms with Crippen LogP contribution in [-0.4, -0.2) is 36.2 Å². The molecule has 0 heterocycles. The van der Waals surface area contributed by atoms with Crippen LogP contribution in [-0.2, 0) is 19.1 Å². The Morgan fingerprint density at radius 1 is 0.923 bits per heavy atom. The Morgan fingerprint density at radius 2 is 1.38 bits per heavy atom. The van der Waals surface area contributed by atoms with Crippen molar-refractivity contribution < 1.29 is 19.1 Å². The van der Waals surface area contributed by atoms with E-state index in [0.29, 0.717) is 0 Å². The van der Waals surface area contributed by atoms with Crippen LogP contribution in [0.3, 0.4) is 0 Å². The summed E-state index contributed by atoms with van der Waals surface area (Å²) >= 11 is 0. The van der Waals surface area contributed by atoms with E-state index in [4.69, 9.17) is 9.47 Å². The minimum Gasteiger partial charge on any atom is -0.461 e. The highest BCUT2D eigenvalue weighted by Gasteiger charge is 2.41. The molecule has 0 radical (unpaired) electrons. The summed E-state index contributed by atoms with van der Waals surface area (Å²) in [5.74, 6) is -1.09. The van der Waals surface area contributed by atoms with Crippen LogP contribution in [0.1, 0.15) is 58.9 Å². The van der Waals surface area contributed by atoms with Crippen LogP contribution in [0, 0.1) is 6.92 Å². The molecule has 0 amide bonds. The van der Waals surface area contributed by atoms with Gasteiger partial charge >= 0.3 is 11.9 Å². The van der Waals surface area contributed by atoms with Crippen molar-refractivity contribution in [2.24, 2.45) is 0 Å². The minimum atomic E-state index is -1.08. The highest BCUT2D eigenvalue weighted by molar-refractivity contribution is 6.03. The van der Waals surface area contributed by atoms with Crippen LogP contribution >= 0.6 is 0 Å². The number of anilines is 1. The van der Waals surface area contributed by atoms with Crippen LogP contribution in [0.2, 0.25) is 0 Å². The molecular formula is C21H31NO4. The number of aryl methyl sites for hydroxylation is 1. The van der Waals surface area contributed by atoms with Gasteiger partial charge in [-0.3, -0.25) is 0 Å². The molecule has 1 aromatic carbocycles. The molecule has 2 rings (SSSR count). The fourth-order valence-electron chi connectivity index (χ4n) is 3.39. The number of esters is 2. The minimum absolute atomic E-state index is 0.127. The van der Waals surface area contributed by atoms with Crippen molar-refractivity contribution in [2.75, 3.05) is 4.90 Å². The number of hydrogen-bond donors (Lipinski definition) is 0. The fourth-order valence-corrected chi connectivity index (χ4v) is 3.39. The van der Waals surface area contributed by atoms with Crippen molar-refractivity contribution in [3.63, 3.8) is 0 Å². The molecule has 5 heteroatoms. The van der Waals surface area contributed by atoms with Crippen molar-refractivity contribution in [2.45, 2.75) is 84.6 Å². The summed E-state index contributed by atoms with van der Waals surface area (Å²) < 4.78 is 10.8. The average Bonchev–Trinajstić information content (AvgIpc) is 3.05. The lowest BCUT2D eigenvalue weighted by Gasteiger charge is -2.36. The molecule has 1 aromatic rings. The van der Waals surface area contributed by atoms with Crippen LogP contribution < -0.4 is 4.90 Å². The number of nitrogens with zero attached hydrogens (tertiary/aromatic N) is 1. The third-order valence-electron chi connectivity index (χ3n) is 4.48. The molecule has 1 saturated carbocycles. The number of hydrogen-bond acceptors (Lipinski definition) is 5. The van der Waals surface area contributed by atoms with Crippen molar-refractivity contribution >= 4 is 17.6 Å². The third-order valence-corrected chi connectivity index (χ3v) is 4.48. The molecule has 0 aliphatic heterocycles. The van der Waals surface area contributed by atoms with Crippen LogP contribution in [0.5, 0.6) is 0 Å². The molecule has 0 bridgehead atoms. The predicted molar refractivity (Wildman–Crippen MR) is 102 cm³/mol. The first-order valence-electron chi connectivity index (χ1n) is 9.55. The van der Waals surface area contributed by atoms with Gasteiger partial charge in [0, 0.05) is 11.7 Å². The molecule has 5 nitrogen and oxygen atoms in total. The van der Waals surface area contributed by atoms with Crippen molar-refractivity contribution in [1.82, 2.24) is 0 Å². The maximum Gasteiger partial charge on any atom is 0.340 e. The first-order chi connectivity index (χ1) is 12.3. The summed E-state index contributed by atoms with van der Waals surface area (Å²) in [4.78, 5) is 27.6. The first-order valence-corrected chi connectivity index (χ1v) is 9.55. The lowest BCUT2D eigenvalue weighted by atomic mass is 10.1. The summed E-state index contributed by atoms with van der Waals surface area (Å²) in [5, 5.41) is 0. The van der Waals surface area contributed by atoms with Gasteiger partial charge in [0.2, 0.25) is 6.04 Å². The lowest BCUT2D eigenvalue weighted by Crippen LogP contribution is -2.53. The summed E-state index contributed by atoms with van der Waals surface area (Å²) in [6.45, 7) is 9.16. The molecule has 26 heavy (non-hydrogen) atoms. The molecule has 1 aliphatic carbocycles. The molecule has 1 fully saturated rings. The van der Waals surface area contributed by atoms with E-state index in [0.717, 1.165) is 36.9 Å². The molecule has 0 atom stereocenters. The van der Waals surface area contributed by atoms with E-state index >= 15 is 0 Å². The maximum absolute atomic E-state index is 12.9. The van der Waals surface area contributed by atoms with E-state index in [-0.39, 0.29) is 18.2 Å².